The van der Waals surface area contributed by atoms with E-state index in [1.54, 1.807) is 13.1 Å². The Morgan fingerprint density at radius 3 is 2.59 bits per heavy atom. The molecule has 4 heterocycles. The van der Waals surface area contributed by atoms with Gasteiger partial charge in [0.2, 0.25) is 5.79 Å². The largest absolute Gasteiger partial charge is 0.421 e. The van der Waals surface area contributed by atoms with Crippen LogP contribution in [0.25, 0.3) is 0 Å². The van der Waals surface area contributed by atoms with E-state index in [-0.39, 0.29) is 24.1 Å². The van der Waals surface area contributed by atoms with Gasteiger partial charge >= 0.3 is 6.18 Å². The number of rotatable bonds is 3. The quantitative estimate of drug-likeness (QED) is 0.740. The Labute approximate surface area is 154 Å². The average Bonchev–Trinajstić information content (AvgIpc) is 3.16. The zero-order valence-electron chi connectivity index (χ0n) is 15.2. The lowest BCUT2D eigenvalue weighted by atomic mass is 10.0. The third kappa shape index (κ3) is 3.20. The summed E-state index contributed by atoms with van der Waals surface area (Å²) in [6.07, 6.45) is 2.44. The van der Waals surface area contributed by atoms with Gasteiger partial charge in [-0.3, -0.25) is 10.4 Å². The molecule has 1 aromatic rings. The highest BCUT2D eigenvalue weighted by Crippen LogP contribution is 2.39. The third-order valence-electron chi connectivity index (χ3n) is 5.50. The number of hydrogen-bond acceptors (Lipinski definition) is 6. The van der Waals surface area contributed by atoms with Gasteiger partial charge < -0.3 is 15.4 Å². The molecule has 4 N–H and O–H groups in total. The van der Waals surface area contributed by atoms with Crippen molar-refractivity contribution in [2.45, 2.75) is 62.8 Å². The van der Waals surface area contributed by atoms with Crippen LogP contribution in [0, 0.1) is 6.92 Å². The van der Waals surface area contributed by atoms with Crippen molar-refractivity contribution in [2.24, 2.45) is 10.7 Å². The molecular weight excluding hydrogens is 361 g/mol. The van der Waals surface area contributed by atoms with Crippen LogP contribution in [-0.4, -0.2) is 41.4 Å². The van der Waals surface area contributed by atoms with Gasteiger partial charge in [0.05, 0.1) is 29.5 Å². The first-order chi connectivity index (χ1) is 12.7. The number of halogens is 3. The van der Waals surface area contributed by atoms with Gasteiger partial charge in [-0.15, -0.1) is 0 Å². The van der Waals surface area contributed by atoms with Gasteiger partial charge in [-0.05, 0) is 32.6 Å². The standard InChI is InChI=1S/C17H23F3N6O/c1-9-14(8-26(25-9)10-5-11-3-4-12(6-10)27-11)17(21)23-7-13(16(18,19)20)15(22-2)24-17/h7-8,10-12,22,24H,3-6,21H2,1-2H3/t11-,12-,17?/m0/s1. The second kappa shape index (κ2) is 6.23. The highest BCUT2D eigenvalue weighted by molar-refractivity contribution is 5.82. The first-order valence-corrected chi connectivity index (χ1v) is 9.03. The highest BCUT2D eigenvalue weighted by Gasteiger charge is 2.43. The number of nitrogens with one attached hydrogen (secondary N) is 2. The van der Waals surface area contributed by atoms with Crippen molar-refractivity contribution in [1.29, 1.82) is 0 Å². The Morgan fingerprint density at radius 2 is 2.00 bits per heavy atom. The van der Waals surface area contributed by atoms with Crippen molar-refractivity contribution in [1.82, 2.24) is 20.4 Å². The fraction of sp³-hybridized carbons (Fsp3) is 0.647. The Bertz CT molecular complexity index is 789. The van der Waals surface area contributed by atoms with Crippen molar-refractivity contribution in [3.8, 4) is 0 Å². The zero-order valence-corrected chi connectivity index (χ0v) is 15.2. The van der Waals surface area contributed by atoms with Gasteiger partial charge in [0.25, 0.3) is 0 Å². The van der Waals surface area contributed by atoms with Crippen LogP contribution in [0.5, 0.6) is 0 Å². The van der Waals surface area contributed by atoms with E-state index >= 15 is 0 Å². The molecule has 2 fully saturated rings. The molecule has 1 unspecified atom stereocenters. The lowest BCUT2D eigenvalue weighted by Gasteiger charge is -2.33. The highest BCUT2D eigenvalue weighted by atomic mass is 19.4. The normalized spacial score (nSPS) is 33.3. The van der Waals surface area contributed by atoms with Crippen molar-refractivity contribution < 1.29 is 17.9 Å². The fourth-order valence-electron chi connectivity index (χ4n) is 4.16. The molecule has 7 nitrogen and oxygen atoms in total. The molecule has 4 rings (SSSR count). The molecule has 0 spiro atoms. The van der Waals surface area contributed by atoms with E-state index in [0.29, 0.717) is 11.3 Å². The molecule has 0 saturated carbocycles. The van der Waals surface area contributed by atoms with Crippen molar-refractivity contribution in [3.63, 3.8) is 0 Å². The van der Waals surface area contributed by atoms with Crippen molar-refractivity contribution in [3.05, 3.63) is 28.8 Å². The molecule has 0 radical (unpaired) electrons. The number of fused-ring (bicyclic) bond motifs is 2. The number of ether oxygens (including phenoxy) is 1. The molecule has 1 aromatic heterocycles. The van der Waals surface area contributed by atoms with Crippen molar-refractivity contribution in [2.75, 3.05) is 7.05 Å². The fourth-order valence-corrected chi connectivity index (χ4v) is 4.16. The second-order valence-corrected chi connectivity index (χ2v) is 7.38. The molecule has 3 atom stereocenters. The summed E-state index contributed by atoms with van der Waals surface area (Å²) in [7, 11) is 1.40. The first-order valence-electron chi connectivity index (χ1n) is 9.03. The molecule has 3 aliphatic rings. The Morgan fingerprint density at radius 1 is 1.33 bits per heavy atom. The van der Waals surface area contributed by atoms with Gasteiger partial charge in [-0.2, -0.15) is 18.3 Å². The van der Waals surface area contributed by atoms with E-state index in [9.17, 15) is 13.2 Å². The van der Waals surface area contributed by atoms with Crippen LogP contribution in [0.15, 0.2) is 22.6 Å². The Hall–Kier alpha value is -2.07. The number of aryl methyl sites for hydroxylation is 1. The molecule has 3 aliphatic heterocycles. The van der Waals surface area contributed by atoms with Gasteiger partial charge in [0, 0.05) is 19.5 Å². The second-order valence-electron chi connectivity index (χ2n) is 7.38. The minimum Gasteiger partial charge on any atom is -0.375 e. The molecule has 0 aromatic carbocycles. The zero-order chi connectivity index (χ0) is 19.4. The van der Waals surface area contributed by atoms with E-state index in [2.05, 4.69) is 20.7 Å². The minimum atomic E-state index is -4.53. The Balaban J connectivity index is 1.62. The van der Waals surface area contributed by atoms with Gasteiger partial charge in [0.1, 0.15) is 11.4 Å². The summed E-state index contributed by atoms with van der Waals surface area (Å²) in [5, 5.41) is 9.80. The number of aromatic nitrogens is 2. The molecule has 10 heteroatoms. The van der Waals surface area contributed by atoms with Gasteiger partial charge in [-0.1, -0.05) is 0 Å². The smallest absolute Gasteiger partial charge is 0.375 e. The SMILES string of the molecule is CNC1=C(C(F)(F)F)C=NC(N)(c2cn(C3C[C@@H]4CC[C@@H](C3)O4)nc2C)N1. The summed E-state index contributed by atoms with van der Waals surface area (Å²) in [6, 6.07) is 0.199. The molecule has 0 aliphatic carbocycles. The Kier molecular flexibility index (Phi) is 4.22. The molecule has 2 saturated heterocycles. The summed E-state index contributed by atoms with van der Waals surface area (Å²) in [6.45, 7) is 1.79. The molecule has 148 valence electrons. The van der Waals surface area contributed by atoms with Crippen LogP contribution in [0.3, 0.4) is 0 Å². The maximum absolute atomic E-state index is 13.1. The maximum atomic E-state index is 13.1. The molecule has 0 amide bonds. The predicted molar refractivity (Wildman–Crippen MR) is 92.8 cm³/mol. The summed E-state index contributed by atoms with van der Waals surface area (Å²) in [4.78, 5) is 3.99. The van der Waals surface area contributed by atoms with Gasteiger partial charge in [0.15, 0.2) is 0 Å². The van der Waals surface area contributed by atoms with Crippen LogP contribution in [-0.2, 0) is 10.5 Å². The van der Waals surface area contributed by atoms with Crippen LogP contribution in [0.4, 0.5) is 13.2 Å². The number of hydrogen-bond donors (Lipinski definition) is 3. The summed E-state index contributed by atoms with van der Waals surface area (Å²) in [5.41, 5.74) is 6.62. The maximum Gasteiger partial charge on any atom is 0.421 e. The third-order valence-corrected chi connectivity index (χ3v) is 5.50. The van der Waals surface area contributed by atoms with Gasteiger partial charge in [-0.25, -0.2) is 4.99 Å². The summed E-state index contributed by atoms with van der Waals surface area (Å²) in [5.74, 6) is -1.73. The summed E-state index contributed by atoms with van der Waals surface area (Å²) < 4.78 is 47.2. The van der Waals surface area contributed by atoms with E-state index in [0.717, 1.165) is 31.9 Å². The number of nitrogens with zero attached hydrogens (tertiary/aromatic N) is 3. The topological polar surface area (TPSA) is 89.5 Å². The minimum absolute atomic E-state index is 0.199. The average molecular weight is 384 g/mol. The predicted octanol–water partition coefficient (Wildman–Crippen LogP) is 1.81. The van der Waals surface area contributed by atoms with Crippen LogP contribution < -0.4 is 16.4 Å². The van der Waals surface area contributed by atoms with Crippen LogP contribution in [0.1, 0.15) is 43.0 Å². The van der Waals surface area contributed by atoms with Crippen molar-refractivity contribution >= 4 is 6.21 Å². The lowest BCUT2D eigenvalue weighted by molar-refractivity contribution is -0.0875. The number of allylic oxidation sites excluding steroid dienone is 1. The molecular formula is C17H23F3N6O. The molecule has 2 bridgehead atoms. The van der Waals surface area contributed by atoms with Crippen LogP contribution in [0.2, 0.25) is 0 Å². The van der Waals surface area contributed by atoms with E-state index in [1.807, 2.05) is 4.68 Å². The van der Waals surface area contributed by atoms with Crippen LogP contribution >= 0.6 is 0 Å². The lowest BCUT2D eigenvalue weighted by Crippen LogP contribution is -2.54. The number of nitrogens with two attached hydrogens (primary N) is 1. The number of aliphatic imine (C=N–C) groups is 1. The van der Waals surface area contributed by atoms with E-state index in [4.69, 9.17) is 10.5 Å². The molecule has 27 heavy (non-hydrogen) atoms. The van der Waals surface area contributed by atoms with E-state index in [1.165, 1.54) is 7.05 Å². The monoisotopic (exact) mass is 384 g/mol. The number of alkyl halides is 3. The van der Waals surface area contributed by atoms with E-state index < -0.39 is 17.5 Å². The first kappa shape index (κ1) is 18.3. The summed E-state index contributed by atoms with van der Waals surface area (Å²) >= 11 is 0.